The molecular weight excluding hydrogens is 364 g/mol. The third kappa shape index (κ3) is 4.13. The smallest absolute Gasteiger partial charge is 0.257 e. The molecule has 7 nitrogen and oxygen atoms in total. The van der Waals surface area contributed by atoms with Crippen LogP contribution in [0.15, 0.2) is 42.7 Å². The van der Waals surface area contributed by atoms with Crippen molar-refractivity contribution < 1.29 is 4.79 Å². The summed E-state index contributed by atoms with van der Waals surface area (Å²) in [7, 11) is 1.84. The molecule has 0 radical (unpaired) electrons. The van der Waals surface area contributed by atoms with E-state index in [1.165, 1.54) is 0 Å². The van der Waals surface area contributed by atoms with Gasteiger partial charge in [0.2, 0.25) is 0 Å². The number of piperidine rings is 1. The number of nitrogens with one attached hydrogen (secondary N) is 1. The highest BCUT2D eigenvalue weighted by molar-refractivity contribution is 5.95. The van der Waals surface area contributed by atoms with Gasteiger partial charge >= 0.3 is 0 Å². The zero-order chi connectivity index (χ0) is 20.4. The van der Waals surface area contributed by atoms with Gasteiger partial charge in [0.1, 0.15) is 11.6 Å². The van der Waals surface area contributed by atoms with E-state index in [0.717, 1.165) is 48.0 Å². The minimum absolute atomic E-state index is 0.0543. The van der Waals surface area contributed by atoms with E-state index in [4.69, 9.17) is 4.98 Å². The number of rotatable bonds is 4. The van der Waals surface area contributed by atoms with Crippen LogP contribution < -0.4 is 5.32 Å². The SMILES string of the molecule is Cc1cccnc1Nc1cccc(C2CCCN(C(=O)c3cn(C)nc3C)C2)n1. The summed E-state index contributed by atoms with van der Waals surface area (Å²) in [5, 5.41) is 7.61. The van der Waals surface area contributed by atoms with Gasteiger partial charge in [-0.3, -0.25) is 9.48 Å². The van der Waals surface area contributed by atoms with Crippen molar-refractivity contribution in [1.82, 2.24) is 24.6 Å². The van der Waals surface area contributed by atoms with Crippen molar-refractivity contribution in [3.8, 4) is 0 Å². The van der Waals surface area contributed by atoms with Crippen molar-refractivity contribution in [3.63, 3.8) is 0 Å². The Morgan fingerprint density at radius 2 is 2.07 bits per heavy atom. The molecule has 0 saturated carbocycles. The molecule has 0 spiro atoms. The third-order valence-corrected chi connectivity index (χ3v) is 5.40. The fraction of sp³-hybridized carbons (Fsp3) is 0.364. The number of nitrogens with zero attached hydrogens (tertiary/aromatic N) is 5. The fourth-order valence-electron chi connectivity index (χ4n) is 3.87. The first-order valence-corrected chi connectivity index (χ1v) is 9.96. The van der Waals surface area contributed by atoms with E-state index in [-0.39, 0.29) is 11.8 Å². The van der Waals surface area contributed by atoms with Gasteiger partial charge in [-0.1, -0.05) is 12.1 Å². The number of carbonyl (C=O) groups excluding carboxylic acids is 1. The first-order chi connectivity index (χ1) is 14.0. The second-order valence-electron chi connectivity index (χ2n) is 7.63. The van der Waals surface area contributed by atoms with Crippen LogP contribution in [0.25, 0.3) is 0 Å². The number of carbonyl (C=O) groups is 1. The molecule has 1 atom stereocenters. The van der Waals surface area contributed by atoms with Gasteiger partial charge in [0.25, 0.3) is 5.91 Å². The van der Waals surface area contributed by atoms with Crippen LogP contribution >= 0.6 is 0 Å². The van der Waals surface area contributed by atoms with Gasteiger partial charge in [0.05, 0.1) is 11.3 Å². The van der Waals surface area contributed by atoms with E-state index in [1.807, 2.05) is 56.1 Å². The number of aryl methyl sites for hydroxylation is 3. The van der Waals surface area contributed by atoms with E-state index in [0.29, 0.717) is 12.1 Å². The first kappa shape index (κ1) is 19.1. The lowest BCUT2D eigenvalue weighted by Crippen LogP contribution is -2.39. The fourth-order valence-corrected chi connectivity index (χ4v) is 3.87. The molecule has 29 heavy (non-hydrogen) atoms. The summed E-state index contributed by atoms with van der Waals surface area (Å²) in [6.45, 7) is 5.34. The minimum atomic E-state index is 0.0543. The van der Waals surface area contributed by atoms with Crippen LogP contribution in [0.4, 0.5) is 11.6 Å². The Morgan fingerprint density at radius 3 is 2.83 bits per heavy atom. The maximum absolute atomic E-state index is 13.0. The molecule has 1 aliphatic rings. The molecule has 7 heteroatoms. The van der Waals surface area contributed by atoms with Crippen molar-refractivity contribution in [2.24, 2.45) is 7.05 Å². The highest BCUT2D eigenvalue weighted by Gasteiger charge is 2.28. The normalized spacial score (nSPS) is 16.7. The van der Waals surface area contributed by atoms with Crippen LogP contribution in [0.3, 0.4) is 0 Å². The van der Waals surface area contributed by atoms with Gasteiger partial charge in [-0.25, -0.2) is 9.97 Å². The summed E-state index contributed by atoms with van der Waals surface area (Å²) in [6, 6.07) is 9.94. The molecule has 1 fully saturated rings. The summed E-state index contributed by atoms with van der Waals surface area (Å²) in [5.41, 5.74) is 3.53. The molecule has 1 amide bonds. The largest absolute Gasteiger partial charge is 0.338 e. The number of likely N-dealkylation sites (tertiary alicyclic amines) is 1. The highest BCUT2D eigenvalue weighted by atomic mass is 16.2. The second-order valence-corrected chi connectivity index (χ2v) is 7.63. The Kier molecular flexibility index (Phi) is 5.29. The molecule has 0 aromatic carbocycles. The molecule has 0 aliphatic carbocycles. The zero-order valence-electron chi connectivity index (χ0n) is 17.1. The zero-order valence-corrected chi connectivity index (χ0v) is 17.1. The Labute approximate surface area is 170 Å². The maximum atomic E-state index is 13.0. The molecule has 4 rings (SSSR count). The van der Waals surface area contributed by atoms with Gasteiger partial charge in [-0.2, -0.15) is 5.10 Å². The summed E-state index contributed by atoms with van der Waals surface area (Å²) in [4.78, 5) is 24.1. The van der Waals surface area contributed by atoms with Crippen LogP contribution in [0.1, 0.15) is 46.1 Å². The number of pyridine rings is 2. The predicted molar refractivity (Wildman–Crippen MR) is 112 cm³/mol. The third-order valence-electron chi connectivity index (χ3n) is 5.40. The summed E-state index contributed by atoms with van der Waals surface area (Å²) >= 11 is 0. The number of aromatic nitrogens is 4. The molecule has 150 valence electrons. The van der Waals surface area contributed by atoms with Crippen molar-refractivity contribution in [1.29, 1.82) is 0 Å². The minimum Gasteiger partial charge on any atom is -0.338 e. The molecule has 1 N–H and O–H groups in total. The molecule has 3 aromatic rings. The Bertz CT molecular complexity index is 1030. The van der Waals surface area contributed by atoms with Crippen LogP contribution in [0.2, 0.25) is 0 Å². The quantitative estimate of drug-likeness (QED) is 0.737. The van der Waals surface area contributed by atoms with Crippen molar-refractivity contribution in [2.75, 3.05) is 18.4 Å². The lowest BCUT2D eigenvalue weighted by Gasteiger charge is -2.32. The molecule has 1 unspecified atom stereocenters. The molecule has 0 bridgehead atoms. The topological polar surface area (TPSA) is 75.9 Å². The van der Waals surface area contributed by atoms with Crippen LogP contribution in [0.5, 0.6) is 0 Å². The molecule has 3 aromatic heterocycles. The Morgan fingerprint density at radius 1 is 1.21 bits per heavy atom. The summed E-state index contributed by atoms with van der Waals surface area (Å²) in [5.74, 6) is 1.86. The number of hydrogen-bond donors (Lipinski definition) is 1. The van der Waals surface area contributed by atoms with Crippen LogP contribution in [-0.4, -0.2) is 43.6 Å². The van der Waals surface area contributed by atoms with Crippen LogP contribution in [-0.2, 0) is 7.05 Å². The predicted octanol–water partition coefficient (Wildman–Crippen LogP) is 3.59. The van der Waals surface area contributed by atoms with Gasteiger partial charge < -0.3 is 10.2 Å². The van der Waals surface area contributed by atoms with E-state index in [2.05, 4.69) is 15.4 Å². The monoisotopic (exact) mass is 390 g/mol. The van der Waals surface area contributed by atoms with E-state index in [1.54, 1.807) is 17.1 Å². The lowest BCUT2D eigenvalue weighted by atomic mass is 9.93. The van der Waals surface area contributed by atoms with E-state index in [9.17, 15) is 4.79 Å². The summed E-state index contributed by atoms with van der Waals surface area (Å²) < 4.78 is 1.69. The standard InChI is InChI=1S/C22H26N6O/c1-15-7-5-11-23-21(15)25-20-10-4-9-19(24-20)17-8-6-12-28(13-17)22(29)18-14-27(3)26-16(18)2/h4-5,7,9-11,14,17H,6,8,12-13H2,1-3H3,(H,23,24,25). The van der Waals surface area contributed by atoms with Gasteiger partial charge in [-0.05, 0) is 50.5 Å². The number of amides is 1. The molecule has 4 heterocycles. The first-order valence-electron chi connectivity index (χ1n) is 9.96. The highest BCUT2D eigenvalue weighted by Crippen LogP contribution is 2.28. The van der Waals surface area contributed by atoms with Gasteiger partial charge in [-0.15, -0.1) is 0 Å². The number of hydrogen-bond acceptors (Lipinski definition) is 5. The van der Waals surface area contributed by atoms with E-state index < -0.39 is 0 Å². The summed E-state index contributed by atoms with van der Waals surface area (Å²) in [6.07, 6.45) is 5.56. The van der Waals surface area contributed by atoms with Crippen molar-refractivity contribution in [3.05, 3.63) is 65.2 Å². The molecular formula is C22H26N6O. The van der Waals surface area contributed by atoms with Gasteiger partial charge in [0.15, 0.2) is 0 Å². The van der Waals surface area contributed by atoms with E-state index >= 15 is 0 Å². The molecule has 1 aliphatic heterocycles. The van der Waals surface area contributed by atoms with Crippen molar-refractivity contribution >= 4 is 17.5 Å². The average Bonchev–Trinajstić information content (AvgIpc) is 3.07. The Hall–Kier alpha value is -3.22. The van der Waals surface area contributed by atoms with Crippen molar-refractivity contribution in [2.45, 2.75) is 32.6 Å². The Balaban J connectivity index is 1.50. The number of anilines is 2. The average molecular weight is 390 g/mol. The molecule has 1 saturated heterocycles. The maximum Gasteiger partial charge on any atom is 0.257 e. The lowest BCUT2D eigenvalue weighted by molar-refractivity contribution is 0.0705. The second kappa shape index (κ2) is 8.03. The van der Waals surface area contributed by atoms with Gasteiger partial charge in [0, 0.05) is 44.1 Å². The van der Waals surface area contributed by atoms with Crippen LogP contribution in [0, 0.1) is 13.8 Å².